The summed E-state index contributed by atoms with van der Waals surface area (Å²) in [5.74, 6) is -0.188. The fourth-order valence-electron chi connectivity index (χ4n) is 1.56. The van der Waals surface area contributed by atoms with Crippen LogP contribution in [0.15, 0.2) is 48.8 Å². The average molecular weight is 280 g/mol. The smallest absolute Gasteiger partial charge is 0.123 e. The Balaban J connectivity index is 2.11. The highest BCUT2D eigenvalue weighted by Gasteiger charge is 2.08. The van der Waals surface area contributed by atoms with Crippen LogP contribution < -0.4 is 0 Å². The van der Waals surface area contributed by atoms with Gasteiger partial charge in [0.15, 0.2) is 0 Å². The standard InChI is InChI=1S/C13H11BrFN/c14-13(11-4-6-16-7-5-11)9-10-2-1-3-12(15)8-10/h1-8,13H,9H2. The quantitative estimate of drug-likeness (QED) is 0.777. The van der Waals surface area contributed by atoms with Gasteiger partial charge in [-0.1, -0.05) is 28.1 Å². The zero-order valence-electron chi connectivity index (χ0n) is 8.61. The van der Waals surface area contributed by atoms with Crippen molar-refractivity contribution < 1.29 is 4.39 Å². The first-order chi connectivity index (χ1) is 7.75. The summed E-state index contributed by atoms with van der Waals surface area (Å²) in [6, 6.07) is 10.6. The molecule has 0 fully saturated rings. The molecule has 1 aromatic carbocycles. The normalized spacial score (nSPS) is 12.4. The van der Waals surface area contributed by atoms with E-state index in [0.717, 1.165) is 17.5 Å². The maximum Gasteiger partial charge on any atom is 0.123 e. The van der Waals surface area contributed by atoms with E-state index in [4.69, 9.17) is 0 Å². The lowest BCUT2D eigenvalue weighted by Gasteiger charge is -2.09. The van der Waals surface area contributed by atoms with Crippen molar-refractivity contribution in [1.29, 1.82) is 0 Å². The van der Waals surface area contributed by atoms with Crippen LogP contribution in [0.2, 0.25) is 0 Å². The van der Waals surface area contributed by atoms with Crippen LogP contribution in [-0.2, 0) is 6.42 Å². The Morgan fingerprint density at radius 3 is 2.62 bits per heavy atom. The van der Waals surface area contributed by atoms with Gasteiger partial charge in [-0.25, -0.2) is 4.39 Å². The number of rotatable bonds is 3. The Labute approximate surface area is 102 Å². The second-order valence-corrected chi connectivity index (χ2v) is 4.69. The van der Waals surface area contributed by atoms with E-state index in [0.29, 0.717) is 0 Å². The number of halogens is 2. The molecule has 2 rings (SSSR count). The lowest BCUT2D eigenvalue weighted by atomic mass is 10.1. The van der Waals surface area contributed by atoms with Crippen molar-refractivity contribution in [3.05, 3.63) is 65.7 Å². The molecule has 0 radical (unpaired) electrons. The van der Waals surface area contributed by atoms with E-state index >= 15 is 0 Å². The molecule has 1 aromatic heterocycles. The molecule has 2 aromatic rings. The van der Waals surface area contributed by atoms with Crippen molar-refractivity contribution in [2.75, 3.05) is 0 Å². The summed E-state index contributed by atoms with van der Waals surface area (Å²) < 4.78 is 13.0. The van der Waals surface area contributed by atoms with Crippen LogP contribution in [-0.4, -0.2) is 4.98 Å². The van der Waals surface area contributed by atoms with E-state index in [2.05, 4.69) is 20.9 Å². The van der Waals surface area contributed by atoms with E-state index in [-0.39, 0.29) is 10.6 Å². The third-order valence-corrected chi connectivity index (χ3v) is 3.22. The molecule has 1 nitrogen and oxygen atoms in total. The zero-order valence-corrected chi connectivity index (χ0v) is 10.2. The fraction of sp³-hybridized carbons (Fsp3) is 0.154. The van der Waals surface area contributed by atoms with Crippen LogP contribution in [0.1, 0.15) is 16.0 Å². The molecule has 0 spiro atoms. The molecule has 0 saturated heterocycles. The third-order valence-electron chi connectivity index (χ3n) is 2.37. The van der Waals surface area contributed by atoms with Gasteiger partial charge in [-0.05, 0) is 41.8 Å². The molecule has 16 heavy (non-hydrogen) atoms. The second-order valence-electron chi connectivity index (χ2n) is 3.58. The summed E-state index contributed by atoms with van der Waals surface area (Å²) in [5.41, 5.74) is 2.14. The van der Waals surface area contributed by atoms with Crippen LogP contribution >= 0.6 is 15.9 Å². The van der Waals surface area contributed by atoms with E-state index in [1.807, 2.05) is 18.2 Å². The summed E-state index contributed by atoms with van der Waals surface area (Å²) >= 11 is 3.60. The predicted octanol–water partition coefficient (Wildman–Crippen LogP) is 3.90. The SMILES string of the molecule is Fc1cccc(CC(Br)c2ccncc2)c1. The van der Waals surface area contributed by atoms with Gasteiger partial charge in [0.05, 0.1) is 0 Å². The fourth-order valence-corrected chi connectivity index (χ4v) is 2.24. The molecule has 82 valence electrons. The lowest BCUT2D eigenvalue weighted by Crippen LogP contribution is -1.95. The lowest BCUT2D eigenvalue weighted by molar-refractivity contribution is 0.625. The first-order valence-corrected chi connectivity index (χ1v) is 5.96. The van der Waals surface area contributed by atoms with Gasteiger partial charge in [0.2, 0.25) is 0 Å². The molecule has 1 atom stereocenters. The molecule has 0 saturated carbocycles. The number of pyridine rings is 1. The van der Waals surface area contributed by atoms with Crippen LogP contribution in [0, 0.1) is 5.82 Å². The minimum absolute atomic E-state index is 0.188. The van der Waals surface area contributed by atoms with Crippen LogP contribution in [0.4, 0.5) is 4.39 Å². The van der Waals surface area contributed by atoms with Crippen molar-refractivity contribution in [3.63, 3.8) is 0 Å². The van der Waals surface area contributed by atoms with Gasteiger partial charge in [-0.3, -0.25) is 4.98 Å². The molecular formula is C13H11BrFN. The Hall–Kier alpha value is -1.22. The molecule has 3 heteroatoms. The van der Waals surface area contributed by atoms with Gasteiger partial charge < -0.3 is 0 Å². The van der Waals surface area contributed by atoms with Crippen molar-refractivity contribution in [2.24, 2.45) is 0 Å². The largest absolute Gasteiger partial charge is 0.265 e. The van der Waals surface area contributed by atoms with Crippen LogP contribution in [0.3, 0.4) is 0 Å². The highest BCUT2D eigenvalue weighted by molar-refractivity contribution is 9.09. The summed E-state index contributed by atoms with van der Waals surface area (Å²) in [7, 11) is 0. The number of aromatic nitrogens is 1. The molecule has 0 bridgehead atoms. The van der Waals surface area contributed by atoms with Crippen molar-refractivity contribution in [1.82, 2.24) is 4.98 Å². The number of hydrogen-bond acceptors (Lipinski definition) is 1. The summed E-state index contributed by atoms with van der Waals surface area (Å²) in [6.45, 7) is 0. The molecule has 0 aliphatic heterocycles. The maximum absolute atomic E-state index is 13.0. The Kier molecular flexibility index (Phi) is 3.67. The highest BCUT2D eigenvalue weighted by Crippen LogP contribution is 2.26. The summed E-state index contributed by atoms with van der Waals surface area (Å²) in [5, 5.41) is 0. The first kappa shape index (κ1) is 11.3. The molecule has 0 aliphatic rings. The topological polar surface area (TPSA) is 12.9 Å². The molecule has 0 aliphatic carbocycles. The monoisotopic (exact) mass is 279 g/mol. The minimum Gasteiger partial charge on any atom is -0.265 e. The third kappa shape index (κ3) is 2.89. The number of nitrogens with zero attached hydrogens (tertiary/aromatic N) is 1. The molecular weight excluding hydrogens is 269 g/mol. The number of hydrogen-bond donors (Lipinski definition) is 0. The molecule has 1 unspecified atom stereocenters. The van der Waals surface area contributed by atoms with Gasteiger partial charge in [0, 0.05) is 17.2 Å². The molecule has 0 N–H and O–H groups in total. The zero-order chi connectivity index (χ0) is 11.4. The first-order valence-electron chi connectivity index (χ1n) is 5.04. The van der Waals surface area contributed by atoms with Gasteiger partial charge in [-0.15, -0.1) is 0 Å². The Morgan fingerprint density at radius 2 is 1.94 bits per heavy atom. The van der Waals surface area contributed by atoms with Crippen molar-refractivity contribution >= 4 is 15.9 Å². The number of alkyl halides is 1. The van der Waals surface area contributed by atoms with Gasteiger partial charge in [0.25, 0.3) is 0 Å². The van der Waals surface area contributed by atoms with Crippen molar-refractivity contribution in [3.8, 4) is 0 Å². The molecule has 0 amide bonds. The average Bonchev–Trinajstić information content (AvgIpc) is 2.30. The van der Waals surface area contributed by atoms with Gasteiger partial charge in [-0.2, -0.15) is 0 Å². The Bertz CT molecular complexity index is 458. The van der Waals surface area contributed by atoms with Gasteiger partial charge >= 0.3 is 0 Å². The van der Waals surface area contributed by atoms with E-state index in [1.54, 1.807) is 24.5 Å². The van der Waals surface area contributed by atoms with E-state index in [9.17, 15) is 4.39 Å². The minimum atomic E-state index is -0.188. The highest BCUT2D eigenvalue weighted by atomic mass is 79.9. The van der Waals surface area contributed by atoms with Crippen molar-refractivity contribution in [2.45, 2.75) is 11.2 Å². The van der Waals surface area contributed by atoms with Crippen LogP contribution in [0.5, 0.6) is 0 Å². The van der Waals surface area contributed by atoms with Crippen LogP contribution in [0.25, 0.3) is 0 Å². The maximum atomic E-state index is 13.0. The second kappa shape index (κ2) is 5.21. The predicted molar refractivity (Wildman–Crippen MR) is 66.0 cm³/mol. The molecule has 1 heterocycles. The van der Waals surface area contributed by atoms with E-state index < -0.39 is 0 Å². The number of benzene rings is 1. The summed E-state index contributed by atoms with van der Waals surface area (Å²) in [6.07, 6.45) is 4.28. The van der Waals surface area contributed by atoms with E-state index in [1.165, 1.54) is 6.07 Å². The van der Waals surface area contributed by atoms with Gasteiger partial charge in [0.1, 0.15) is 5.82 Å². The Morgan fingerprint density at radius 1 is 1.19 bits per heavy atom. The summed E-state index contributed by atoms with van der Waals surface area (Å²) in [4.78, 5) is 4.16.